The number of hydrogen-bond acceptors (Lipinski definition) is 3. The Morgan fingerprint density at radius 1 is 1.43 bits per heavy atom. The molecule has 0 aliphatic carbocycles. The molecule has 2 N–H and O–H groups in total. The molecule has 2 amide bonds. The van der Waals surface area contributed by atoms with Crippen molar-refractivity contribution in [1.29, 1.82) is 0 Å². The molecule has 1 saturated heterocycles. The van der Waals surface area contributed by atoms with Crippen molar-refractivity contribution < 1.29 is 14.3 Å². The third-order valence-electron chi connectivity index (χ3n) is 4.14. The maximum Gasteiger partial charge on any atom is 0.251 e. The summed E-state index contributed by atoms with van der Waals surface area (Å²) in [6, 6.07) is 5.43. The van der Waals surface area contributed by atoms with Crippen LogP contribution in [0.4, 0.5) is 5.69 Å². The van der Waals surface area contributed by atoms with Crippen LogP contribution in [0.2, 0.25) is 0 Å². The van der Waals surface area contributed by atoms with E-state index in [-0.39, 0.29) is 24.0 Å². The van der Waals surface area contributed by atoms with Crippen LogP contribution >= 0.6 is 0 Å². The molecule has 0 spiro atoms. The predicted molar refractivity (Wildman–Crippen MR) is 79.3 cm³/mol. The van der Waals surface area contributed by atoms with E-state index in [9.17, 15) is 9.59 Å². The van der Waals surface area contributed by atoms with Crippen molar-refractivity contribution in [1.82, 2.24) is 5.32 Å². The second-order valence-corrected chi connectivity index (χ2v) is 5.73. The fourth-order valence-electron chi connectivity index (χ4n) is 2.90. The molecule has 2 aliphatic heterocycles. The van der Waals surface area contributed by atoms with Gasteiger partial charge in [-0.05, 0) is 49.9 Å². The lowest BCUT2D eigenvalue weighted by Crippen LogP contribution is -2.40. The smallest absolute Gasteiger partial charge is 0.251 e. The largest absolute Gasteiger partial charge is 0.376 e. The van der Waals surface area contributed by atoms with E-state index in [1.165, 1.54) is 0 Å². The van der Waals surface area contributed by atoms with E-state index in [0.717, 1.165) is 30.7 Å². The van der Waals surface area contributed by atoms with Gasteiger partial charge in [-0.1, -0.05) is 0 Å². The molecule has 0 bridgehead atoms. The highest BCUT2D eigenvalue weighted by atomic mass is 16.5. The van der Waals surface area contributed by atoms with Crippen LogP contribution in [0.5, 0.6) is 0 Å². The summed E-state index contributed by atoms with van der Waals surface area (Å²) in [5, 5.41) is 5.82. The molecule has 0 unspecified atom stereocenters. The van der Waals surface area contributed by atoms with E-state index in [0.29, 0.717) is 18.4 Å². The summed E-state index contributed by atoms with van der Waals surface area (Å²) >= 11 is 0. The highest BCUT2D eigenvalue weighted by molar-refractivity contribution is 5.98. The zero-order chi connectivity index (χ0) is 14.8. The first kappa shape index (κ1) is 14.1. The van der Waals surface area contributed by atoms with Crippen molar-refractivity contribution in [2.75, 3.05) is 11.9 Å². The highest BCUT2D eigenvalue weighted by Gasteiger charge is 2.24. The number of benzene rings is 1. The molecule has 1 fully saturated rings. The lowest BCUT2D eigenvalue weighted by atomic mass is 10.00. The van der Waals surface area contributed by atoms with Gasteiger partial charge in [0, 0.05) is 24.3 Å². The summed E-state index contributed by atoms with van der Waals surface area (Å²) in [6.45, 7) is 2.76. The van der Waals surface area contributed by atoms with Gasteiger partial charge in [0.15, 0.2) is 0 Å². The zero-order valence-corrected chi connectivity index (χ0v) is 12.1. The Kier molecular flexibility index (Phi) is 3.92. The van der Waals surface area contributed by atoms with E-state index in [4.69, 9.17) is 4.74 Å². The van der Waals surface area contributed by atoms with Crippen LogP contribution in [0.1, 0.15) is 42.1 Å². The van der Waals surface area contributed by atoms with Crippen molar-refractivity contribution in [2.24, 2.45) is 0 Å². The number of nitrogens with one attached hydrogen (secondary N) is 2. The molecule has 0 aromatic heterocycles. The standard InChI is InChI=1S/C16H20N2O3/c1-10(14-3-2-8-21-14)17-16(20)12-4-6-13-11(9-12)5-7-15(19)18-13/h4,6,9-10,14H,2-3,5,7-8H2,1H3,(H,17,20)(H,18,19)/t10-,14+/m0/s1. The number of amides is 2. The Hall–Kier alpha value is -1.88. The van der Waals surface area contributed by atoms with Crippen LogP contribution in [0.15, 0.2) is 18.2 Å². The lowest BCUT2D eigenvalue weighted by molar-refractivity contribution is -0.116. The molecule has 21 heavy (non-hydrogen) atoms. The van der Waals surface area contributed by atoms with Gasteiger partial charge in [-0.15, -0.1) is 0 Å². The molecular weight excluding hydrogens is 268 g/mol. The second kappa shape index (κ2) is 5.85. The van der Waals surface area contributed by atoms with Gasteiger partial charge in [0.05, 0.1) is 12.1 Å². The molecule has 5 heteroatoms. The topological polar surface area (TPSA) is 67.4 Å². The Bertz CT molecular complexity index is 565. The SMILES string of the molecule is C[C@H](NC(=O)c1ccc2c(c1)CCC(=O)N2)[C@H]1CCCO1. The summed E-state index contributed by atoms with van der Waals surface area (Å²) in [7, 11) is 0. The molecule has 1 aromatic carbocycles. The molecule has 2 atom stereocenters. The summed E-state index contributed by atoms with van der Waals surface area (Å²) < 4.78 is 5.59. The van der Waals surface area contributed by atoms with Gasteiger partial charge in [0.25, 0.3) is 5.91 Å². The first-order chi connectivity index (χ1) is 10.1. The fraction of sp³-hybridized carbons (Fsp3) is 0.500. The van der Waals surface area contributed by atoms with Crippen molar-refractivity contribution in [3.8, 4) is 0 Å². The highest BCUT2D eigenvalue weighted by Crippen LogP contribution is 2.24. The minimum absolute atomic E-state index is 0.00994. The van der Waals surface area contributed by atoms with Crippen molar-refractivity contribution in [3.63, 3.8) is 0 Å². The summed E-state index contributed by atoms with van der Waals surface area (Å²) in [5.74, 6) is -0.0515. The van der Waals surface area contributed by atoms with Gasteiger partial charge in [-0.25, -0.2) is 0 Å². The third kappa shape index (κ3) is 3.08. The summed E-state index contributed by atoms with van der Waals surface area (Å²) in [4.78, 5) is 23.6. The van der Waals surface area contributed by atoms with Gasteiger partial charge in [0.1, 0.15) is 0 Å². The van der Waals surface area contributed by atoms with Crippen LogP contribution < -0.4 is 10.6 Å². The maximum atomic E-state index is 12.3. The first-order valence-electron chi connectivity index (χ1n) is 7.49. The number of carbonyl (C=O) groups is 2. The molecule has 3 rings (SSSR count). The number of ether oxygens (including phenoxy) is 1. The minimum Gasteiger partial charge on any atom is -0.376 e. The van der Waals surface area contributed by atoms with Gasteiger partial charge < -0.3 is 15.4 Å². The maximum absolute atomic E-state index is 12.3. The van der Waals surface area contributed by atoms with Gasteiger partial charge in [-0.3, -0.25) is 9.59 Å². The third-order valence-corrected chi connectivity index (χ3v) is 4.14. The quantitative estimate of drug-likeness (QED) is 0.892. The van der Waals surface area contributed by atoms with E-state index >= 15 is 0 Å². The predicted octanol–water partition coefficient (Wildman–Crippen LogP) is 1.87. The van der Waals surface area contributed by atoms with Gasteiger partial charge in [-0.2, -0.15) is 0 Å². The molecule has 5 nitrogen and oxygen atoms in total. The van der Waals surface area contributed by atoms with Crippen molar-refractivity contribution in [3.05, 3.63) is 29.3 Å². The number of anilines is 1. The average molecular weight is 288 g/mol. The Morgan fingerprint density at radius 2 is 2.29 bits per heavy atom. The number of fused-ring (bicyclic) bond motifs is 1. The van der Waals surface area contributed by atoms with Crippen LogP contribution in [-0.4, -0.2) is 30.6 Å². The molecule has 2 heterocycles. The van der Waals surface area contributed by atoms with E-state index < -0.39 is 0 Å². The van der Waals surface area contributed by atoms with Gasteiger partial charge in [0.2, 0.25) is 5.91 Å². The number of rotatable bonds is 3. The van der Waals surface area contributed by atoms with Crippen molar-refractivity contribution in [2.45, 2.75) is 44.8 Å². The van der Waals surface area contributed by atoms with Crippen LogP contribution in [0, 0.1) is 0 Å². The van der Waals surface area contributed by atoms with Crippen LogP contribution in [0.3, 0.4) is 0 Å². The minimum atomic E-state index is -0.0855. The first-order valence-corrected chi connectivity index (χ1v) is 7.49. The van der Waals surface area contributed by atoms with Crippen LogP contribution in [-0.2, 0) is 16.0 Å². The normalized spacial score (nSPS) is 22.3. The summed E-state index contributed by atoms with van der Waals surface area (Å²) in [6.07, 6.45) is 3.33. The molecule has 1 aromatic rings. The number of aryl methyl sites for hydroxylation is 1. The van der Waals surface area contributed by atoms with Crippen LogP contribution in [0.25, 0.3) is 0 Å². The summed E-state index contributed by atoms with van der Waals surface area (Å²) in [5.41, 5.74) is 2.47. The van der Waals surface area contributed by atoms with Gasteiger partial charge >= 0.3 is 0 Å². The number of carbonyl (C=O) groups excluding carboxylic acids is 2. The Morgan fingerprint density at radius 3 is 3.05 bits per heavy atom. The molecule has 112 valence electrons. The molecule has 2 aliphatic rings. The molecule has 0 saturated carbocycles. The lowest BCUT2D eigenvalue weighted by Gasteiger charge is -2.21. The van der Waals surface area contributed by atoms with Crippen molar-refractivity contribution >= 4 is 17.5 Å². The second-order valence-electron chi connectivity index (χ2n) is 5.73. The average Bonchev–Trinajstić information content (AvgIpc) is 3.01. The molecule has 0 radical (unpaired) electrons. The monoisotopic (exact) mass is 288 g/mol. The van der Waals surface area contributed by atoms with E-state index in [1.54, 1.807) is 12.1 Å². The zero-order valence-electron chi connectivity index (χ0n) is 12.1. The number of hydrogen-bond donors (Lipinski definition) is 2. The molecular formula is C16H20N2O3. The Balaban J connectivity index is 1.68. The Labute approximate surface area is 124 Å². The fourth-order valence-corrected chi connectivity index (χ4v) is 2.90. The van der Waals surface area contributed by atoms with E-state index in [2.05, 4.69) is 10.6 Å². The van der Waals surface area contributed by atoms with E-state index in [1.807, 2.05) is 13.0 Å².